The quantitative estimate of drug-likeness (QED) is 0.678. The molecule has 80 valence electrons. The number of anilines is 1. The molecule has 0 bridgehead atoms. The number of benzene rings is 1. The molecule has 0 amide bonds. The number of hydrogen-bond acceptors (Lipinski definition) is 3. The summed E-state index contributed by atoms with van der Waals surface area (Å²) in [6.07, 6.45) is 2.80. The summed E-state index contributed by atoms with van der Waals surface area (Å²) in [6, 6.07) is 7.98. The summed E-state index contributed by atoms with van der Waals surface area (Å²) < 4.78 is 5.88. The summed E-state index contributed by atoms with van der Waals surface area (Å²) in [5, 5.41) is 13.3. The monoisotopic (exact) mass is 205 g/mol. The van der Waals surface area contributed by atoms with Crippen molar-refractivity contribution in [2.45, 2.75) is 37.5 Å². The number of para-hydroxylation sites is 2. The predicted molar refractivity (Wildman–Crippen MR) is 58.1 cm³/mol. The summed E-state index contributed by atoms with van der Waals surface area (Å²) in [7, 11) is 0. The maximum atomic E-state index is 9.89. The Kier molecular flexibility index (Phi) is 2.06. The van der Waals surface area contributed by atoms with Gasteiger partial charge in [0.25, 0.3) is 0 Å². The average molecular weight is 205 g/mol. The highest BCUT2D eigenvalue weighted by Crippen LogP contribution is 2.35. The Bertz CT molecular complexity index is 366. The minimum absolute atomic E-state index is 0.0636. The first kappa shape index (κ1) is 9.04. The third-order valence-electron chi connectivity index (χ3n) is 3.29. The third kappa shape index (κ3) is 1.47. The number of fused-ring (bicyclic) bond motifs is 2. The Hall–Kier alpha value is -1.22. The van der Waals surface area contributed by atoms with Gasteiger partial charge in [-0.05, 0) is 31.4 Å². The maximum Gasteiger partial charge on any atom is 0.142 e. The van der Waals surface area contributed by atoms with Crippen molar-refractivity contribution in [2.24, 2.45) is 0 Å². The molecule has 1 aromatic rings. The number of aliphatic hydroxyl groups excluding tert-OH is 1. The fourth-order valence-corrected chi connectivity index (χ4v) is 2.49. The molecule has 1 aromatic carbocycles. The molecule has 3 nitrogen and oxygen atoms in total. The van der Waals surface area contributed by atoms with Gasteiger partial charge in [-0.3, -0.25) is 0 Å². The Morgan fingerprint density at radius 1 is 1.27 bits per heavy atom. The van der Waals surface area contributed by atoms with Crippen molar-refractivity contribution < 1.29 is 9.84 Å². The molecule has 3 atom stereocenters. The summed E-state index contributed by atoms with van der Waals surface area (Å²) >= 11 is 0. The molecular formula is C12H15NO2. The Morgan fingerprint density at radius 3 is 3.07 bits per heavy atom. The van der Waals surface area contributed by atoms with E-state index in [0.29, 0.717) is 0 Å². The molecule has 1 fully saturated rings. The van der Waals surface area contributed by atoms with Crippen LogP contribution < -0.4 is 10.1 Å². The summed E-state index contributed by atoms with van der Waals surface area (Å²) in [6.45, 7) is 0. The molecule has 15 heavy (non-hydrogen) atoms. The average Bonchev–Trinajstić information content (AvgIpc) is 2.27. The standard InChI is InChI=1S/C12H15NO2/c14-9-5-3-7-11-12(9)13-8-4-1-2-6-10(8)15-11/h1-2,4,6,9,11-14H,3,5,7H2/t9-,11+,12-/m1/s1. The number of rotatable bonds is 0. The van der Waals surface area contributed by atoms with Crippen LogP contribution in [0.25, 0.3) is 0 Å². The minimum Gasteiger partial charge on any atom is -0.486 e. The van der Waals surface area contributed by atoms with Gasteiger partial charge in [0.1, 0.15) is 11.9 Å². The van der Waals surface area contributed by atoms with Crippen molar-refractivity contribution in [3.63, 3.8) is 0 Å². The number of nitrogens with one attached hydrogen (secondary N) is 1. The molecule has 0 spiro atoms. The van der Waals surface area contributed by atoms with Crippen molar-refractivity contribution in [2.75, 3.05) is 5.32 Å². The van der Waals surface area contributed by atoms with Gasteiger partial charge in [0.15, 0.2) is 0 Å². The van der Waals surface area contributed by atoms with Gasteiger partial charge >= 0.3 is 0 Å². The number of aliphatic hydroxyl groups is 1. The smallest absolute Gasteiger partial charge is 0.142 e. The molecule has 3 heteroatoms. The molecule has 0 unspecified atom stereocenters. The molecule has 0 aromatic heterocycles. The van der Waals surface area contributed by atoms with Crippen molar-refractivity contribution in [3.05, 3.63) is 24.3 Å². The molecule has 1 saturated carbocycles. The molecule has 1 aliphatic heterocycles. The lowest BCUT2D eigenvalue weighted by Crippen LogP contribution is -2.51. The normalized spacial score (nSPS) is 33.3. The van der Waals surface area contributed by atoms with E-state index >= 15 is 0 Å². The van der Waals surface area contributed by atoms with Crippen molar-refractivity contribution in [1.29, 1.82) is 0 Å². The van der Waals surface area contributed by atoms with Crippen LogP contribution in [0.5, 0.6) is 5.75 Å². The first-order chi connectivity index (χ1) is 7.34. The summed E-state index contributed by atoms with van der Waals surface area (Å²) in [5.41, 5.74) is 1.000. The van der Waals surface area contributed by atoms with Crippen molar-refractivity contribution in [1.82, 2.24) is 0 Å². The van der Waals surface area contributed by atoms with Crippen LogP contribution in [0.2, 0.25) is 0 Å². The summed E-state index contributed by atoms with van der Waals surface area (Å²) in [4.78, 5) is 0. The van der Waals surface area contributed by atoms with E-state index in [-0.39, 0.29) is 18.2 Å². The molecular weight excluding hydrogens is 190 g/mol. The second kappa shape index (κ2) is 3.42. The Morgan fingerprint density at radius 2 is 2.13 bits per heavy atom. The second-order valence-corrected chi connectivity index (χ2v) is 4.32. The molecule has 0 radical (unpaired) electrons. The van der Waals surface area contributed by atoms with Crippen LogP contribution in [-0.4, -0.2) is 23.4 Å². The Labute approximate surface area is 89.1 Å². The van der Waals surface area contributed by atoms with Crippen LogP contribution in [0.1, 0.15) is 19.3 Å². The van der Waals surface area contributed by atoms with E-state index in [4.69, 9.17) is 4.74 Å². The SMILES string of the molecule is O[C@@H]1CCC[C@@H]2Oc3ccccc3N[C@H]12. The van der Waals surface area contributed by atoms with Crippen LogP contribution >= 0.6 is 0 Å². The van der Waals surface area contributed by atoms with Gasteiger partial charge in [0.05, 0.1) is 17.8 Å². The fourth-order valence-electron chi connectivity index (χ4n) is 2.49. The first-order valence-electron chi connectivity index (χ1n) is 5.55. The largest absolute Gasteiger partial charge is 0.486 e. The summed E-state index contributed by atoms with van der Waals surface area (Å²) in [5.74, 6) is 0.910. The van der Waals surface area contributed by atoms with Crippen LogP contribution in [0, 0.1) is 0 Å². The lowest BCUT2D eigenvalue weighted by molar-refractivity contribution is 0.0328. The molecule has 2 N–H and O–H groups in total. The van der Waals surface area contributed by atoms with Gasteiger partial charge in [-0.2, -0.15) is 0 Å². The first-order valence-corrected chi connectivity index (χ1v) is 5.55. The lowest BCUT2D eigenvalue weighted by atomic mass is 9.88. The van der Waals surface area contributed by atoms with Gasteiger partial charge in [-0.15, -0.1) is 0 Å². The second-order valence-electron chi connectivity index (χ2n) is 4.32. The highest BCUT2D eigenvalue weighted by atomic mass is 16.5. The van der Waals surface area contributed by atoms with Crippen LogP contribution in [0.4, 0.5) is 5.69 Å². The van der Waals surface area contributed by atoms with Gasteiger partial charge < -0.3 is 15.2 Å². The van der Waals surface area contributed by atoms with Gasteiger partial charge in [0, 0.05) is 0 Å². The van der Waals surface area contributed by atoms with E-state index in [2.05, 4.69) is 5.32 Å². The van der Waals surface area contributed by atoms with Gasteiger partial charge in [0.2, 0.25) is 0 Å². The topological polar surface area (TPSA) is 41.5 Å². The van der Waals surface area contributed by atoms with E-state index in [9.17, 15) is 5.11 Å². The van der Waals surface area contributed by atoms with Crippen LogP contribution in [0.15, 0.2) is 24.3 Å². The zero-order valence-electron chi connectivity index (χ0n) is 8.52. The zero-order valence-corrected chi connectivity index (χ0v) is 8.52. The maximum absolute atomic E-state index is 9.89. The minimum atomic E-state index is -0.280. The predicted octanol–water partition coefficient (Wildman–Crippen LogP) is 1.77. The highest BCUT2D eigenvalue weighted by Gasteiger charge is 2.37. The number of ether oxygens (including phenoxy) is 1. The van der Waals surface area contributed by atoms with Gasteiger partial charge in [-0.1, -0.05) is 12.1 Å². The lowest BCUT2D eigenvalue weighted by Gasteiger charge is -2.40. The molecule has 0 saturated heterocycles. The van der Waals surface area contributed by atoms with E-state index in [1.165, 1.54) is 0 Å². The molecule has 2 aliphatic rings. The van der Waals surface area contributed by atoms with E-state index in [0.717, 1.165) is 30.7 Å². The third-order valence-corrected chi connectivity index (χ3v) is 3.29. The Balaban J connectivity index is 1.92. The van der Waals surface area contributed by atoms with E-state index in [1.807, 2.05) is 24.3 Å². The molecule has 3 rings (SSSR count). The van der Waals surface area contributed by atoms with E-state index < -0.39 is 0 Å². The van der Waals surface area contributed by atoms with Crippen LogP contribution in [-0.2, 0) is 0 Å². The van der Waals surface area contributed by atoms with Crippen LogP contribution in [0.3, 0.4) is 0 Å². The number of hydrogen-bond donors (Lipinski definition) is 2. The highest BCUT2D eigenvalue weighted by molar-refractivity contribution is 5.59. The molecule has 1 aliphatic carbocycles. The van der Waals surface area contributed by atoms with Crippen molar-refractivity contribution in [3.8, 4) is 5.75 Å². The molecule has 1 heterocycles. The van der Waals surface area contributed by atoms with E-state index in [1.54, 1.807) is 0 Å². The fraction of sp³-hybridized carbons (Fsp3) is 0.500. The zero-order chi connectivity index (χ0) is 10.3. The van der Waals surface area contributed by atoms with Crippen molar-refractivity contribution >= 4 is 5.69 Å². The van der Waals surface area contributed by atoms with Gasteiger partial charge in [-0.25, -0.2) is 0 Å².